The molecule has 0 amide bonds. The Labute approximate surface area is 102 Å². The zero-order valence-electron chi connectivity index (χ0n) is 8.85. The number of benzene rings is 1. The molecule has 0 spiro atoms. The van der Waals surface area contributed by atoms with Crippen LogP contribution >= 0.6 is 15.9 Å². The fourth-order valence-corrected chi connectivity index (χ4v) is 1.11. The van der Waals surface area contributed by atoms with E-state index in [4.69, 9.17) is 14.3 Å². The third kappa shape index (κ3) is 7.17. The first kappa shape index (κ1) is 14.8. The van der Waals surface area contributed by atoms with E-state index in [2.05, 4.69) is 15.9 Å². The minimum atomic E-state index is -0.372. The Hall–Kier alpha value is -1.16. The number of hydrogen-bond donors (Lipinski definition) is 1. The first-order valence-corrected chi connectivity index (χ1v) is 5.49. The number of hydrogen-bond acceptors (Lipinski definition) is 4. The molecule has 0 fully saturated rings. The summed E-state index contributed by atoms with van der Waals surface area (Å²) < 4.78 is 6.37. The topological polar surface area (TPSA) is 63.6 Å². The lowest BCUT2D eigenvalue weighted by Gasteiger charge is -2.09. The van der Waals surface area contributed by atoms with Crippen LogP contribution in [0.2, 0.25) is 0 Å². The molecule has 1 aromatic carbocycles. The molecule has 0 aromatic heterocycles. The van der Waals surface area contributed by atoms with Crippen molar-refractivity contribution in [2.45, 2.75) is 19.4 Å². The summed E-state index contributed by atoms with van der Waals surface area (Å²) in [7, 11) is 0. The highest BCUT2D eigenvalue weighted by Crippen LogP contribution is 2.16. The summed E-state index contributed by atoms with van der Waals surface area (Å²) in [6, 6.07) is 7.56. The average Bonchev–Trinajstić information content (AvgIpc) is 2.29. The van der Waals surface area contributed by atoms with Gasteiger partial charge in [-0.15, -0.1) is 0 Å². The molecule has 1 atom stereocenters. The van der Waals surface area contributed by atoms with Gasteiger partial charge in [0.2, 0.25) is 0 Å². The molecular formula is C11H13BrO4. The number of carbonyl (C=O) groups excluding carboxylic acids is 2. The molecular weight excluding hydrogens is 276 g/mol. The number of halogens is 1. The van der Waals surface area contributed by atoms with Gasteiger partial charge in [-0.25, -0.2) is 0 Å². The summed E-state index contributed by atoms with van der Waals surface area (Å²) in [6.45, 7) is 2.29. The van der Waals surface area contributed by atoms with Crippen LogP contribution in [0.4, 0.5) is 0 Å². The van der Waals surface area contributed by atoms with Crippen LogP contribution in [0.1, 0.15) is 13.3 Å². The van der Waals surface area contributed by atoms with Crippen molar-refractivity contribution in [3.05, 3.63) is 28.7 Å². The lowest BCUT2D eigenvalue weighted by atomic mass is 10.3. The van der Waals surface area contributed by atoms with Gasteiger partial charge in [-0.05, 0) is 30.7 Å². The molecule has 1 rings (SSSR count). The van der Waals surface area contributed by atoms with Crippen molar-refractivity contribution in [2.75, 3.05) is 6.61 Å². The summed E-state index contributed by atoms with van der Waals surface area (Å²) in [5, 5.41) is 9.24. The predicted octanol–water partition coefficient (Wildman–Crippen LogP) is 2.02. The lowest BCUT2D eigenvalue weighted by Crippen LogP contribution is -2.15. The highest BCUT2D eigenvalue weighted by atomic mass is 79.9. The highest BCUT2D eigenvalue weighted by molar-refractivity contribution is 9.10. The van der Waals surface area contributed by atoms with E-state index in [1.54, 1.807) is 0 Å². The van der Waals surface area contributed by atoms with Gasteiger partial charge in [0, 0.05) is 4.47 Å². The molecule has 1 N–H and O–H groups in total. The molecule has 0 radical (unpaired) electrons. The van der Waals surface area contributed by atoms with E-state index in [1.165, 1.54) is 0 Å². The summed E-state index contributed by atoms with van der Waals surface area (Å²) >= 11 is 3.33. The molecule has 0 heterocycles. The third-order valence-corrected chi connectivity index (χ3v) is 2.26. The molecule has 0 saturated carbocycles. The lowest BCUT2D eigenvalue weighted by molar-refractivity contribution is -0.191. The fraction of sp³-hybridized carbons (Fsp3) is 0.364. The molecule has 5 heteroatoms. The van der Waals surface area contributed by atoms with E-state index in [-0.39, 0.29) is 12.3 Å². The Morgan fingerprint density at radius 3 is 2.31 bits per heavy atom. The van der Waals surface area contributed by atoms with Crippen LogP contribution in [-0.2, 0) is 9.59 Å². The Kier molecular flexibility index (Phi) is 8.43. The second-order valence-corrected chi connectivity index (χ2v) is 3.83. The quantitative estimate of drug-likeness (QED) is 0.921. The van der Waals surface area contributed by atoms with E-state index >= 15 is 0 Å². The van der Waals surface area contributed by atoms with Crippen LogP contribution in [-0.4, -0.2) is 24.0 Å². The molecule has 16 heavy (non-hydrogen) atoms. The first-order valence-electron chi connectivity index (χ1n) is 4.69. The first-order chi connectivity index (χ1) is 7.63. The van der Waals surface area contributed by atoms with E-state index in [1.807, 2.05) is 31.2 Å². The van der Waals surface area contributed by atoms with Crippen molar-refractivity contribution in [3.8, 4) is 5.75 Å². The second-order valence-electron chi connectivity index (χ2n) is 2.91. The van der Waals surface area contributed by atoms with Gasteiger partial charge in [-0.1, -0.05) is 22.9 Å². The standard InChI is InChI=1S/C10H13BrO2.CO2/c1-2-9(12)7-13-10-5-3-8(11)4-6-10;2-1-3/h3-6,9,12H,2,7H2,1H3;/t9-;/m0./s1. The maximum absolute atomic E-state index is 9.24. The zero-order valence-corrected chi connectivity index (χ0v) is 10.4. The maximum atomic E-state index is 9.24. The molecule has 0 saturated heterocycles. The largest absolute Gasteiger partial charge is 0.491 e. The molecule has 0 aliphatic carbocycles. The van der Waals surface area contributed by atoms with Gasteiger partial charge in [-0.2, -0.15) is 9.59 Å². The number of ether oxygens (including phenoxy) is 1. The minimum Gasteiger partial charge on any atom is -0.491 e. The molecule has 0 aliphatic heterocycles. The third-order valence-electron chi connectivity index (χ3n) is 1.73. The van der Waals surface area contributed by atoms with Gasteiger partial charge in [-0.3, -0.25) is 0 Å². The number of rotatable bonds is 4. The smallest absolute Gasteiger partial charge is 0.373 e. The van der Waals surface area contributed by atoms with Crippen LogP contribution in [0, 0.1) is 0 Å². The fourth-order valence-electron chi connectivity index (χ4n) is 0.841. The predicted molar refractivity (Wildman–Crippen MR) is 60.9 cm³/mol. The average molecular weight is 289 g/mol. The maximum Gasteiger partial charge on any atom is 0.373 e. The van der Waals surface area contributed by atoms with Crippen molar-refractivity contribution in [3.63, 3.8) is 0 Å². The Bertz CT molecular complexity index is 317. The SMILES string of the molecule is CC[C@H](O)COc1ccc(Br)cc1.O=C=O. The minimum absolute atomic E-state index is 0.250. The molecule has 0 unspecified atom stereocenters. The van der Waals surface area contributed by atoms with Gasteiger partial charge in [0.1, 0.15) is 12.4 Å². The van der Waals surface area contributed by atoms with E-state index < -0.39 is 0 Å². The zero-order chi connectivity index (χ0) is 12.4. The summed E-state index contributed by atoms with van der Waals surface area (Å²) in [5.41, 5.74) is 0. The van der Waals surface area contributed by atoms with E-state index in [9.17, 15) is 5.11 Å². The van der Waals surface area contributed by atoms with Crippen LogP contribution in [0.3, 0.4) is 0 Å². The van der Waals surface area contributed by atoms with Crippen molar-refractivity contribution in [1.29, 1.82) is 0 Å². The van der Waals surface area contributed by atoms with Gasteiger partial charge < -0.3 is 9.84 Å². The molecule has 0 bridgehead atoms. The number of aliphatic hydroxyl groups is 1. The monoisotopic (exact) mass is 288 g/mol. The summed E-state index contributed by atoms with van der Waals surface area (Å²) in [6.07, 6.45) is 0.597. The highest BCUT2D eigenvalue weighted by Gasteiger charge is 2.01. The number of aliphatic hydroxyl groups excluding tert-OH is 1. The van der Waals surface area contributed by atoms with Crippen molar-refractivity contribution in [2.24, 2.45) is 0 Å². The molecule has 88 valence electrons. The van der Waals surface area contributed by atoms with Gasteiger partial charge in [0.25, 0.3) is 0 Å². The van der Waals surface area contributed by atoms with Crippen LogP contribution in [0.5, 0.6) is 5.75 Å². The van der Waals surface area contributed by atoms with Crippen molar-refractivity contribution >= 4 is 22.1 Å². The van der Waals surface area contributed by atoms with Crippen LogP contribution < -0.4 is 4.74 Å². The van der Waals surface area contributed by atoms with E-state index in [0.717, 1.165) is 16.6 Å². The van der Waals surface area contributed by atoms with Crippen molar-refractivity contribution < 1.29 is 19.4 Å². The van der Waals surface area contributed by atoms with Gasteiger partial charge in [0.15, 0.2) is 0 Å². The second kappa shape index (κ2) is 9.09. The molecule has 1 aromatic rings. The van der Waals surface area contributed by atoms with Crippen LogP contribution in [0.25, 0.3) is 0 Å². The molecule has 0 aliphatic rings. The van der Waals surface area contributed by atoms with Crippen LogP contribution in [0.15, 0.2) is 28.7 Å². The van der Waals surface area contributed by atoms with Gasteiger partial charge >= 0.3 is 6.15 Å². The van der Waals surface area contributed by atoms with Gasteiger partial charge in [0.05, 0.1) is 6.10 Å². The Balaban J connectivity index is 0.000000673. The normalized spacial score (nSPS) is 10.7. The summed E-state index contributed by atoms with van der Waals surface area (Å²) in [5.74, 6) is 0.788. The Morgan fingerprint density at radius 1 is 1.38 bits per heavy atom. The summed E-state index contributed by atoms with van der Waals surface area (Å²) in [4.78, 5) is 16.2. The van der Waals surface area contributed by atoms with E-state index in [0.29, 0.717) is 6.61 Å². The van der Waals surface area contributed by atoms with Crippen molar-refractivity contribution in [1.82, 2.24) is 0 Å². The Morgan fingerprint density at radius 2 is 1.88 bits per heavy atom. The molecule has 4 nitrogen and oxygen atoms in total.